The number of benzene rings is 1. The van der Waals surface area contributed by atoms with E-state index in [9.17, 15) is 13.2 Å². The SMILES string of the molecule is CC(N)(C(=O)N1CCN(S(N)(=O)=O)CC1)c1ccc(Br)cc1.Cl. The summed E-state index contributed by atoms with van der Waals surface area (Å²) in [5, 5.41) is 5.09. The lowest BCUT2D eigenvalue weighted by atomic mass is 9.91. The van der Waals surface area contributed by atoms with E-state index < -0.39 is 15.7 Å². The molecule has 1 saturated heterocycles. The van der Waals surface area contributed by atoms with Gasteiger partial charge in [0.25, 0.3) is 10.2 Å². The molecule has 0 aromatic heterocycles. The molecule has 0 bridgehead atoms. The smallest absolute Gasteiger partial charge is 0.277 e. The van der Waals surface area contributed by atoms with Crippen LogP contribution in [0.4, 0.5) is 0 Å². The van der Waals surface area contributed by atoms with Crippen LogP contribution in [0.2, 0.25) is 0 Å². The lowest BCUT2D eigenvalue weighted by molar-refractivity contribution is -0.138. The fraction of sp³-hybridized carbons (Fsp3) is 0.462. The van der Waals surface area contributed by atoms with E-state index >= 15 is 0 Å². The number of rotatable bonds is 3. The maximum Gasteiger partial charge on any atom is 0.277 e. The van der Waals surface area contributed by atoms with Crippen LogP contribution in [0.15, 0.2) is 28.7 Å². The molecule has 1 aromatic carbocycles. The average Bonchev–Trinajstić information content (AvgIpc) is 2.46. The van der Waals surface area contributed by atoms with Crippen LogP contribution in [0.3, 0.4) is 0 Å². The second-order valence-electron chi connectivity index (χ2n) is 5.45. The highest BCUT2D eigenvalue weighted by atomic mass is 79.9. The van der Waals surface area contributed by atoms with Gasteiger partial charge in [-0.15, -0.1) is 12.4 Å². The van der Waals surface area contributed by atoms with Crippen molar-refractivity contribution in [2.75, 3.05) is 26.2 Å². The predicted octanol–water partition coefficient (Wildman–Crippen LogP) is 0.393. The first-order chi connectivity index (χ1) is 10.1. The Morgan fingerprint density at radius 2 is 1.65 bits per heavy atom. The minimum Gasteiger partial charge on any atom is -0.338 e. The molecule has 1 aliphatic rings. The predicted molar refractivity (Wildman–Crippen MR) is 94.2 cm³/mol. The molecule has 130 valence electrons. The Labute approximate surface area is 150 Å². The number of carbonyl (C=O) groups is 1. The summed E-state index contributed by atoms with van der Waals surface area (Å²) in [5.74, 6) is -0.233. The molecule has 7 nitrogen and oxygen atoms in total. The number of carbonyl (C=O) groups excluding carboxylic acids is 1. The van der Waals surface area contributed by atoms with Gasteiger partial charge in [-0.1, -0.05) is 28.1 Å². The number of amides is 1. The van der Waals surface area contributed by atoms with Crippen LogP contribution in [0, 0.1) is 0 Å². The van der Waals surface area contributed by atoms with E-state index in [1.54, 1.807) is 24.0 Å². The van der Waals surface area contributed by atoms with E-state index in [0.29, 0.717) is 5.56 Å². The summed E-state index contributed by atoms with van der Waals surface area (Å²) in [6, 6.07) is 7.24. The molecule has 1 aliphatic heterocycles. The quantitative estimate of drug-likeness (QED) is 0.727. The number of nitrogens with zero attached hydrogens (tertiary/aromatic N) is 2. The lowest BCUT2D eigenvalue weighted by Crippen LogP contribution is -2.58. The summed E-state index contributed by atoms with van der Waals surface area (Å²) in [6.07, 6.45) is 0. The number of piperazine rings is 1. The van der Waals surface area contributed by atoms with Crippen LogP contribution in [-0.4, -0.2) is 49.7 Å². The Kier molecular flexibility index (Phi) is 6.59. The number of hydrogen-bond donors (Lipinski definition) is 2. The zero-order chi connectivity index (χ0) is 16.5. The molecule has 0 saturated carbocycles. The third kappa shape index (κ3) is 4.65. The van der Waals surface area contributed by atoms with Gasteiger partial charge in [-0.05, 0) is 24.6 Å². The van der Waals surface area contributed by atoms with Crippen molar-refractivity contribution in [1.82, 2.24) is 9.21 Å². The molecule has 1 atom stereocenters. The third-order valence-electron chi connectivity index (χ3n) is 3.77. The van der Waals surface area contributed by atoms with E-state index in [0.717, 1.165) is 8.78 Å². The molecule has 1 amide bonds. The molecule has 10 heteroatoms. The average molecular weight is 428 g/mol. The van der Waals surface area contributed by atoms with Crippen molar-refractivity contribution in [3.05, 3.63) is 34.3 Å². The van der Waals surface area contributed by atoms with Gasteiger partial charge in [0, 0.05) is 30.7 Å². The van der Waals surface area contributed by atoms with Crippen molar-refractivity contribution in [3.63, 3.8) is 0 Å². The van der Waals surface area contributed by atoms with Crippen molar-refractivity contribution in [3.8, 4) is 0 Å². The van der Waals surface area contributed by atoms with Crippen molar-refractivity contribution in [2.45, 2.75) is 12.5 Å². The molecule has 0 aliphatic carbocycles. The molecule has 23 heavy (non-hydrogen) atoms. The maximum absolute atomic E-state index is 12.7. The Morgan fingerprint density at radius 1 is 1.17 bits per heavy atom. The van der Waals surface area contributed by atoms with E-state index in [1.807, 2.05) is 12.1 Å². The van der Waals surface area contributed by atoms with Crippen molar-refractivity contribution in [2.24, 2.45) is 10.9 Å². The van der Waals surface area contributed by atoms with Crippen LogP contribution >= 0.6 is 28.3 Å². The van der Waals surface area contributed by atoms with Gasteiger partial charge in [-0.2, -0.15) is 12.7 Å². The summed E-state index contributed by atoms with van der Waals surface area (Å²) in [5.41, 5.74) is 5.76. The van der Waals surface area contributed by atoms with Crippen LogP contribution in [-0.2, 0) is 20.5 Å². The topological polar surface area (TPSA) is 110 Å². The van der Waals surface area contributed by atoms with Gasteiger partial charge in [0.2, 0.25) is 5.91 Å². The maximum atomic E-state index is 12.7. The van der Waals surface area contributed by atoms with Crippen molar-refractivity contribution in [1.29, 1.82) is 0 Å². The standard InChI is InChI=1S/C13H19BrN4O3S.ClH/c1-13(15,10-2-4-11(14)5-3-10)12(19)17-6-8-18(9-7-17)22(16,20)21;/h2-5H,6-9,15H2,1H3,(H2,16,20,21);1H. The highest BCUT2D eigenvalue weighted by Crippen LogP contribution is 2.23. The van der Waals surface area contributed by atoms with E-state index in [1.165, 1.54) is 0 Å². The summed E-state index contributed by atoms with van der Waals surface area (Å²) in [6.45, 7) is 2.57. The Balaban J connectivity index is 0.00000264. The Bertz CT molecular complexity index is 658. The lowest BCUT2D eigenvalue weighted by Gasteiger charge is -2.37. The van der Waals surface area contributed by atoms with Gasteiger partial charge in [-0.25, -0.2) is 5.14 Å². The normalized spacial score (nSPS) is 18.9. The molecule has 4 N–H and O–H groups in total. The Morgan fingerprint density at radius 3 is 2.09 bits per heavy atom. The molecular weight excluding hydrogens is 408 g/mol. The van der Waals surface area contributed by atoms with Crippen LogP contribution in [0.1, 0.15) is 12.5 Å². The fourth-order valence-electron chi connectivity index (χ4n) is 2.39. The van der Waals surface area contributed by atoms with Crippen LogP contribution < -0.4 is 10.9 Å². The first kappa shape index (κ1) is 20.3. The Hall–Kier alpha value is -0.710. The van der Waals surface area contributed by atoms with Crippen molar-refractivity contribution < 1.29 is 13.2 Å². The van der Waals surface area contributed by atoms with Crippen molar-refractivity contribution >= 4 is 44.5 Å². The molecule has 1 unspecified atom stereocenters. The second kappa shape index (κ2) is 7.45. The molecule has 1 aromatic rings. The fourth-order valence-corrected chi connectivity index (χ4v) is 3.33. The first-order valence-electron chi connectivity index (χ1n) is 6.74. The minimum atomic E-state index is -3.71. The first-order valence-corrected chi connectivity index (χ1v) is 9.04. The zero-order valence-electron chi connectivity index (χ0n) is 12.6. The summed E-state index contributed by atoms with van der Waals surface area (Å²) >= 11 is 3.34. The third-order valence-corrected chi connectivity index (χ3v) is 5.39. The number of nitrogens with two attached hydrogens (primary N) is 2. The van der Waals surface area contributed by atoms with Gasteiger partial charge >= 0.3 is 0 Å². The van der Waals surface area contributed by atoms with Gasteiger partial charge < -0.3 is 10.6 Å². The summed E-state index contributed by atoms with van der Waals surface area (Å²) < 4.78 is 24.6. The monoisotopic (exact) mass is 426 g/mol. The van der Waals surface area contributed by atoms with Gasteiger partial charge in [-0.3, -0.25) is 4.79 Å². The number of halogens is 2. The molecule has 0 radical (unpaired) electrons. The highest BCUT2D eigenvalue weighted by molar-refractivity contribution is 9.10. The number of hydrogen-bond acceptors (Lipinski definition) is 4. The molecule has 2 rings (SSSR count). The molecule has 1 fully saturated rings. The summed E-state index contributed by atoms with van der Waals surface area (Å²) in [7, 11) is -3.71. The minimum absolute atomic E-state index is 0. The molecular formula is C13H20BrClN4O3S. The van der Waals surface area contributed by atoms with Gasteiger partial charge in [0.15, 0.2) is 0 Å². The van der Waals surface area contributed by atoms with Gasteiger partial charge in [0.1, 0.15) is 5.54 Å². The van der Waals surface area contributed by atoms with E-state index in [4.69, 9.17) is 10.9 Å². The zero-order valence-corrected chi connectivity index (χ0v) is 15.8. The molecule has 0 spiro atoms. The highest BCUT2D eigenvalue weighted by Gasteiger charge is 2.36. The largest absolute Gasteiger partial charge is 0.338 e. The molecule has 1 heterocycles. The second-order valence-corrected chi connectivity index (χ2v) is 7.91. The van der Waals surface area contributed by atoms with E-state index in [-0.39, 0.29) is 44.5 Å². The van der Waals surface area contributed by atoms with Gasteiger partial charge in [0.05, 0.1) is 0 Å². The summed E-state index contributed by atoms with van der Waals surface area (Å²) in [4.78, 5) is 14.2. The van der Waals surface area contributed by atoms with Crippen LogP contribution in [0.25, 0.3) is 0 Å². The van der Waals surface area contributed by atoms with E-state index in [2.05, 4.69) is 15.9 Å². The van der Waals surface area contributed by atoms with Crippen LogP contribution in [0.5, 0.6) is 0 Å².